The van der Waals surface area contributed by atoms with E-state index in [4.69, 9.17) is 6.57 Å². The van der Waals surface area contributed by atoms with Gasteiger partial charge in [0.05, 0.1) is 6.57 Å². The summed E-state index contributed by atoms with van der Waals surface area (Å²) in [7, 11) is 0. The van der Waals surface area contributed by atoms with Gasteiger partial charge in [-0.05, 0) is 17.0 Å². The summed E-state index contributed by atoms with van der Waals surface area (Å²) in [5.41, 5.74) is 1.88. The van der Waals surface area contributed by atoms with E-state index in [1.54, 1.807) is 0 Å². The maximum absolute atomic E-state index is 7.07. The summed E-state index contributed by atoms with van der Waals surface area (Å²) < 4.78 is 0.964. The highest BCUT2D eigenvalue weighted by Gasteiger charge is 2.17. The minimum Gasteiger partial charge on any atom is -0.238 e. The molecule has 13 heavy (non-hydrogen) atoms. The first kappa shape index (κ1) is 10.3. The Balaban J connectivity index is 3.32. The van der Waals surface area contributed by atoms with Crippen LogP contribution in [0, 0.1) is 6.57 Å². The van der Waals surface area contributed by atoms with Gasteiger partial charge in [0.2, 0.25) is 0 Å². The molecule has 0 spiro atoms. The van der Waals surface area contributed by atoms with E-state index in [0.717, 1.165) is 15.7 Å². The van der Waals surface area contributed by atoms with Gasteiger partial charge in [-0.25, -0.2) is 4.85 Å². The van der Waals surface area contributed by atoms with Crippen molar-refractivity contribution >= 4 is 21.6 Å². The number of halogens is 1. The molecule has 0 aliphatic rings. The monoisotopic (exact) mass is 237 g/mol. The Bertz CT molecular complexity index is 355. The third-order valence-electron chi connectivity index (χ3n) is 1.89. The van der Waals surface area contributed by atoms with E-state index in [0.29, 0.717) is 0 Å². The van der Waals surface area contributed by atoms with E-state index >= 15 is 0 Å². The fourth-order valence-electron chi connectivity index (χ4n) is 1.23. The van der Waals surface area contributed by atoms with Crippen LogP contribution in [-0.4, -0.2) is 0 Å². The molecule has 1 nitrogen and oxygen atoms in total. The largest absolute Gasteiger partial charge is 0.238 e. The average Bonchev–Trinajstić information content (AvgIpc) is 2.01. The summed E-state index contributed by atoms with van der Waals surface area (Å²) >= 11 is 3.36. The zero-order chi connectivity index (χ0) is 10.1. The Morgan fingerprint density at radius 2 is 1.92 bits per heavy atom. The lowest BCUT2D eigenvalue weighted by atomic mass is 9.86. The highest BCUT2D eigenvalue weighted by molar-refractivity contribution is 9.10. The predicted molar refractivity (Wildman–Crippen MR) is 59.1 cm³/mol. The molecule has 1 aromatic rings. The van der Waals surface area contributed by atoms with E-state index in [1.807, 2.05) is 18.2 Å². The Kier molecular flexibility index (Phi) is 2.77. The fourth-order valence-corrected chi connectivity index (χ4v) is 1.58. The summed E-state index contributed by atoms with van der Waals surface area (Å²) in [6.45, 7) is 13.4. The van der Waals surface area contributed by atoms with E-state index < -0.39 is 0 Å². The molecule has 68 valence electrons. The second kappa shape index (κ2) is 3.51. The van der Waals surface area contributed by atoms with Crippen molar-refractivity contribution in [1.82, 2.24) is 0 Å². The SMILES string of the molecule is [C-]#[N+]c1cc(Br)ccc1C(C)(C)C. The lowest BCUT2D eigenvalue weighted by Crippen LogP contribution is -2.10. The van der Waals surface area contributed by atoms with Gasteiger partial charge in [-0.1, -0.05) is 48.8 Å². The van der Waals surface area contributed by atoms with Crippen molar-refractivity contribution in [3.8, 4) is 0 Å². The van der Waals surface area contributed by atoms with Gasteiger partial charge in [0.1, 0.15) is 0 Å². The molecule has 0 atom stereocenters. The zero-order valence-corrected chi connectivity index (χ0v) is 9.64. The van der Waals surface area contributed by atoms with Crippen LogP contribution in [0.1, 0.15) is 26.3 Å². The van der Waals surface area contributed by atoms with Crippen LogP contribution in [0.3, 0.4) is 0 Å². The lowest BCUT2D eigenvalue weighted by Gasteiger charge is -2.20. The number of hydrogen-bond donors (Lipinski definition) is 0. The normalized spacial score (nSPS) is 11.0. The second-order valence-electron chi connectivity index (χ2n) is 4.02. The molecule has 0 fully saturated rings. The van der Waals surface area contributed by atoms with Crippen molar-refractivity contribution in [3.05, 3.63) is 39.7 Å². The molecule has 0 saturated carbocycles. The minimum atomic E-state index is 0.0422. The quantitative estimate of drug-likeness (QED) is 0.593. The third-order valence-corrected chi connectivity index (χ3v) is 2.38. The van der Waals surface area contributed by atoms with E-state index in [2.05, 4.69) is 41.5 Å². The molecule has 1 rings (SSSR count). The maximum atomic E-state index is 7.07. The Morgan fingerprint density at radius 1 is 1.31 bits per heavy atom. The summed E-state index contributed by atoms with van der Waals surface area (Å²) in [5, 5.41) is 0. The molecule has 0 aromatic heterocycles. The average molecular weight is 238 g/mol. The van der Waals surface area contributed by atoms with Gasteiger partial charge in [-0.2, -0.15) is 0 Å². The minimum absolute atomic E-state index is 0.0422. The van der Waals surface area contributed by atoms with Crippen molar-refractivity contribution in [2.24, 2.45) is 0 Å². The van der Waals surface area contributed by atoms with Crippen LogP contribution in [0.25, 0.3) is 4.85 Å². The Labute approximate surface area is 87.7 Å². The van der Waals surface area contributed by atoms with Gasteiger partial charge in [-0.3, -0.25) is 0 Å². The number of hydrogen-bond acceptors (Lipinski definition) is 0. The molecule has 0 saturated heterocycles. The molecule has 0 N–H and O–H groups in total. The molecule has 0 aliphatic carbocycles. The van der Waals surface area contributed by atoms with Gasteiger partial charge < -0.3 is 0 Å². The molecule has 0 unspecified atom stereocenters. The topological polar surface area (TPSA) is 4.36 Å². The number of nitrogens with zero attached hydrogens (tertiary/aromatic N) is 1. The zero-order valence-electron chi connectivity index (χ0n) is 8.06. The highest BCUT2D eigenvalue weighted by atomic mass is 79.9. The second-order valence-corrected chi connectivity index (χ2v) is 4.94. The molecule has 0 heterocycles. The predicted octanol–water partition coefficient (Wildman–Crippen LogP) is 4.30. The first-order chi connectivity index (χ1) is 5.95. The van der Waals surface area contributed by atoms with Gasteiger partial charge in [0.15, 0.2) is 5.69 Å². The molecule has 0 bridgehead atoms. The van der Waals surface area contributed by atoms with Gasteiger partial charge in [0, 0.05) is 4.47 Å². The van der Waals surface area contributed by atoms with Crippen molar-refractivity contribution in [2.75, 3.05) is 0 Å². The summed E-state index contributed by atoms with van der Waals surface area (Å²) in [4.78, 5) is 3.52. The first-order valence-electron chi connectivity index (χ1n) is 4.12. The molecular weight excluding hydrogens is 226 g/mol. The molecule has 0 aliphatic heterocycles. The van der Waals surface area contributed by atoms with Crippen molar-refractivity contribution in [3.63, 3.8) is 0 Å². The molecular formula is C11H12BrN. The van der Waals surface area contributed by atoms with E-state index in [-0.39, 0.29) is 5.41 Å². The van der Waals surface area contributed by atoms with E-state index in [1.165, 1.54) is 0 Å². The van der Waals surface area contributed by atoms with Crippen LogP contribution in [0.4, 0.5) is 5.69 Å². The lowest BCUT2D eigenvalue weighted by molar-refractivity contribution is 0.593. The maximum Gasteiger partial charge on any atom is 0.192 e. The van der Waals surface area contributed by atoms with Gasteiger partial charge in [-0.15, -0.1) is 0 Å². The molecule has 1 aromatic carbocycles. The fraction of sp³-hybridized carbons (Fsp3) is 0.364. The number of rotatable bonds is 0. The van der Waals surface area contributed by atoms with Gasteiger partial charge >= 0.3 is 0 Å². The van der Waals surface area contributed by atoms with Crippen LogP contribution in [0.2, 0.25) is 0 Å². The van der Waals surface area contributed by atoms with E-state index in [9.17, 15) is 0 Å². The molecule has 0 radical (unpaired) electrons. The summed E-state index contributed by atoms with van der Waals surface area (Å²) in [5.74, 6) is 0. The van der Waals surface area contributed by atoms with Crippen molar-refractivity contribution in [1.29, 1.82) is 0 Å². The standard InChI is InChI=1S/C11H12BrN/c1-11(2,3)9-6-5-8(12)7-10(9)13-4/h5-7H,1-3H3. The Morgan fingerprint density at radius 3 is 2.38 bits per heavy atom. The molecule has 2 heteroatoms. The highest BCUT2D eigenvalue weighted by Crippen LogP contribution is 2.33. The molecule has 0 amide bonds. The van der Waals surface area contributed by atoms with Crippen LogP contribution in [0.5, 0.6) is 0 Å². The van der Waals surface area contributed by atoms with Crippen molar-refractivity contribution in [2.45, 2.75) is 26.2 Å². The Hall–Kier alpha value is -0.810. The third kappa shape index (κ3) is 2.32. The number of benzene rings is 1. The van der Waals surface area contributed by atoms with Crippen LogP contribution in [-0.2, 0) is 5.41 Å². The summed E-state index contributed by atoms with van der Waals surface area (Å²) in [6, 6.07) is 5.86. The smallest absolute Gasteiger partial charge is 0.192 e. The summed E-state index contributed by atoms with van der Waals surface area (Å²) in [6.07, 6.45) is 0. The van der Waals surface area contributed by atoms with Crippen LogP contribution in [0.15, 0.2) is 22.7 Å². The van der Waals surface area contributed by atoms with Crippen molar-refractivity contribution < 1.29 is 0 Å². The van der Waals surface area contributed by atoms with Gasteiger partial charge in [0.25, 0.3) is 0 Å². The first-order valence-corrected chi connectivity index (χ1v) is 4.92. The van der Waals surface area contributed by atoms with Crippen LogP contribution < -0.4 is 0 Å². The van der Waals surface area contributed by atoms with Crippen LogP contribution >= 0.6 is 15.9 Å².